The average Bonchev–Trinajstić information content (AvgIpc) is 3.20. The van der Waals surface area contributed by atoms with Gasteiger partial charge in [0.25, 0.3) is 0 Å². The molecule has 0 radical (unpaired) electrons. The fourth-order valence-electron chi connectivity index (χ4n) is 3.49. The van der Waals surface area contributed by atoms with E-state index >= 15 is 0 Å². The molecule has 3 rings (SSSR count). The molecule has 27 heavy (non-hydrogen) atoms. The minimum atomic E-state index is 0. The summed E-state index contributed by atoms with van der Waals surface area (Å²) in [5, 5.41) is 3.44. The third-order valence-electron chi connectivity index (χ3n) is 5.07. The number of carbonyl (C=O) groups is 1. The number of piperazine rings is 1. The molecule has 0 unspecified atom stereocenters. The normalized spacial score (nSPS) is 18.4. The third kappa shape index (κ3) is 6.60. The first-order chi connectivity index (χ1) is 12.7. The number of nitrogens with zero attached hydrogens (tertiary/aromatic N) is 4. The second-order valence-corrected chi connectivity index (χ2v) is 7.79. The molecule has 1 N–H and O–H groups in total. The number of likely N-dealkylation sites (tertiary alicyclic amines) is 1. The summed E-state index contributed by atoms with van der Waals surface area (Å²) in [6.45, 7) is 6.78. The van der Waals surface area contributed by atoms with E-state index in [-0.39, 0.29) is 29.9 Å². The SMILES string of the molecule is CN=C(NCc1ccc(Br)cc1)N1CCN(CC(=O)N2CCCC2)CC1.I. The third-order valence-corrected chi connectivity index (χ3v) is 5.59. The maximum absolute atomic E-state index is 12.3. The molecule has 1 aromatic rings. The van der Waals surface area contributed by atoms with Gasteiger partial charge in [0.15, 0.2) is 5.96 Å². The van der Waals surface area contributed by atoms with Crippen LogP contribution in [0.3, 0.4) is 0 Å². The molecule has 0 atom stereocenters. The first kappa shape index (κ1) is 22.4. The van der Waals surface area contributed by atoms with Crippen molar-refractivity contribution in [1.29, 1.82) is 0 Å². The molecule has 2 saturated heterocycles. The average molecular weight is 550 g/mol. The summed E-state index contributed by atoms with van der Waals surface area (Å²) in [6.07, 6.45) is 2.31. The summed E-state index contributed by atoms with van der Waals surface area (Å²) in [5.74, 6) is 1.21. The molecule has 0 aliphatic carbocycles. The van der Waals surface area contributed by atoms with Crippen molar-refractivity contribution in [3.8, 4) is 0 Å². The summed E-state index contributed by atoms with van der Waals surface area (Å²) < 4.78 is 1.09. The molecule has 0 aromatic heterocycles. The van der Waals surface area contributed by atoms with Gasteiger partial charge in [0.2, 0.25) is 5.91 Å². The Morgan fingerprint density at radius 3 is 2.26 bits per heavy atom. The zero-order valence-electron chi connectivity index (χ0n) is 15.9. The number of amides is 1. The van der Waals surface area contributed by atoms with Crippen LogP contribution in [0.15, 0.2) is 33.7 Å². The van der Waals surface area contributed by atoms with E-state index in [4.69, 9.17) is 0 Å². The molecule has 150 valence electrons. The first-order valence-corrected chi connectivity index (χ1v) is 10.1. The molecule has 8 heteroatoms. The summed E-state index contributed by atoms with van der Waals surface area (Å²) in [7, 11) is 1.83. The van der Waals surface area contributed by atoms with E-state index < -0.39 is 0 Å². The zero-order chi connectivity index (χ0) is 18.4. The monoisotopic (exact) mass is 549 g/mol. The van der Waals surface area contributed by atoms with Crippen LogP contribution < -0.4 is 5.32 Å². The minimum Gasteiger partial charge on any atom is -0.352 e. The summed E-state index contributed by atoms with van der Waals surface area (Å²) in [5.41, 5.74) is 1.23. The molecule has 2 heterocycles. The lowest BCUT2D eigenvalue weighted by Crippen LogP contribution is -2.54. The van der Waals surface area contributed by atoms with Gasteiger partial charge in [0.1, 0.15) is 0 Å². The van der Waals surface area contributed by atoms with Crippen molar-refractivity contribution in [1.82, 2.24) is 20.0 Å². The van der Waals surface area contributed by atoms with E-state index in [2.05, 4.69) is 60.3 Å². The Kier molecular flexibility index (Phi) is 9.31. The molecule has 6 nitrogen and oxygen atoms in total. The highest BCUT2D eigenvalue weighted by atomic mass is 127. The van der Waals surface area contributed by atoms with Gasteiger partial charge in [-0.2, -0.15) is 0 Å². The van der Waals surface area contributed by atoms with Crippen molar-refractivity contribution in [2.75, 3.05) is 52.9 Å². The molecule has 0 bridgehead atoms. The molecule has 2 aliphatic heterocycles. The van der Waals surface area contributed by atoms with Crippen LogP contribution in [0, 0.1) is 0 Å². The lowest BCUT2D eigenvalue weighted by atomic mass is 10.2. The summed E-state index contributed by atoms with van der Waals surface area (Å²) in [6, 6.07) is 8.31. The number of nitrogens with one attached hydrogen (secondary N) is 1. The quantitative estimate of drug-likeness (QED) is 0.356. The highest BCUT2D eigenvalue weighted by Crippen LogP contribution is 2.11. The van der Waals surface area contributed by atoms with Gasteiger partial charge >= 0.3 is 0 Å². The van der Waals surface area contributed by atoms with Crippen LogP contribution in [0.4, 0.5) is 0 Å². The smallest absolute Gasteiger partial charge is 0.236 e. The Morgan fingerprint density at radius 1 is 1.04 bits per heavy atom. The Hall–Kier alpha value is -0.870. The fraction of sp³-hybridized carbons (Fsp3) is 0.579. The molecule has 0 saturated carbocycles. The van der Waals surface area contributed by atoms with Crippen molar-refractivity contribution < 1.29 is 4.79 Å². The van der Waals surface area contributed by atoms with Gasteiger partial charge in [-0.3, -0.25) is 14.7 Å². The van der Waals surface area contributed by atoms with Crippen LogP contribution in [-0.2, 0) is 11.3 Å². The van der Waals surface area contributed by atoms with Gasteiger partial charge in [-0.25, -0.2) is 0 Å². The van der Waals surface area contributed by atoms with Crippen molar-refractivity contribution in [3.63, 3.8) is 0 Å². The van der Waals surface area contributed by atoms with E-state index in [0.29, 0.717) is 6.54 Å². The van der Waals surface area contributed by atoms with Crippen molar-refractivity contribution in [2.45, 2.75) is 19.4 Å². The Morgan fingerprint density at radius 2 is 1.67 bits per heavy atom. The molecule has 2 aliphatic rings. The Bertz CT molecular complexity index is 625. The molecule has 0 spiro atoms. The number of rotatable bonds is 4. The predicted molar refractivity (Wildman–Crippen MR) is 124 cm³/mol. The van der Waals surface area contributed by atoms with Gasteiger partial charge in [0.05, 0.1) is 6.54 Å². The fourth-order valence-corrected chi connectivity index (χ4v) is 3.76. The van der Waals surface area contributed by atoms with Crippen LogP contribution >= 0.6 is 39.9 Å². The molecule has 1 aromatic carbocycles. The summed E-state index contributed by atoms with van der Waals surface area (Å²) in [4.78, 5) is 23.3. The number of benzene rings is 1. The van der Waals surface area contributed by atoms with E-state index in [1.54, 1.807) is 0 Å². The second kappa shape index (κ2) is 11.2. The van der Waals surface area contributed by atoms with Crippen LogP contribution in [0.5, 0.6) is 0 Å². The number of hydrogen-bond acceptors (Lipinski definition) is 3. The van der Waals surface area contributed by atoms with Crippen molar-refractivity contribution in [2.24, 2.45) is 4.99 Å². The standard InChI is InChI=1S/C19H28BrN5O.HI/c1-21-19(22-14-16-4-6-17(20)7-5-16)25-12-10-23(11-13-25)15-18(26)24-8-2-3-9-24;/h4-7H,2-3,8-15H2,1H3,(H,21,22);1H. The van der Waals surface area contributed by atoms with Gasteiger partial charge in [0, 0.05) is 57.3 Å². The van der Waals surface area contributed by atoms with Gasteiger partial charge in [-0.1, -0.05) is 28.1 Å². The van der Waals surface area contributed by atoms with Crippen molar-refractivity contribution >= 4 is 51.8 Å². The molecular formula is C19H29BrIN5O. The van der Waals surface area contributed by atoms with Gasteiger partial charge in [-0.15, -0.1) is 24.0 Å². The van der Waals surface area contributed by atoms with E-state index in [9.17, 15) is 4.79 Å². The van der Waals surface area contributed by atoms with Gasteiger partial charge < -0.3 is 15.1 Å². The van der Waals surface area contributed by atoms with Crippen molar-refractivity contribution in [3.05, 3.63) is 34.3 Å². The number of aliphatic imine (C=N–C) groups is 1. The van der Waals surface area contributed by atoms with Gasteiger partial charge in [-0.05, 0) is 30.5 Å². The van der Waals surface area contributed by atoms with Crippen LogP contribution in [-0.4, -0.2) is 79.4 Å². The lowest BCUT2D eigenvalue weighted by molar-refractivity contribution is -0.131. The minimum absolute atomic E-state index is 0. The largest absolute Gasteiger partial charge is 0.352 e. The zero-order valence-corrected chi connectivity index (χ0v) is 19.8. The predicted octanol–water partition coefficient (Wildman–Crippen LogP) is 2.38. The topological polar surface area (TPSA) is 51.2 Å². The van der Waals surface area contributed by atoms with Crippen LogP contribution in [0.25, 0.3) is 0 Å². The van der Waals surface area contributed by atoms with Crippen LogP contribution in [0.2, 0.25) is 0 Å². The second-order valence-electron chi connectivity index (χ2n) is 6.88. The van der Waals surface area contributed by atoms with E-state index in [1.165, 1.54) is 5.56 Å². The number of hydrogen-bond donors (Lipinski definition) is 1. The Labute approximate surface area is 187 Å². The van der Waals surface area contributed by atoms with Crippen LogP contribution in [0.1, 0.15) is 18.4 Å². The number of carbonyl (C=O) groups excluding carboxylic acids is 1. The highest BCUT2D eigenvalue weighted by molar-refractivity contribution is 14.0. The lowest BCUT2D eigenvalue weighted by Gasteiger charge is -2.36. The first-order valence-electron chi connectivity index (χ1n) is 9.36. The maximum Gasteiger partial charge on any atom is 0.236 e. The van der Waals surface area contributed by atoms with E-state index in [0.717, 1.165) is 69.1 Å². The van der Waals surface area contributed by atoms with E-state index in [1.807, 2.05) is 11.9 Å². The summed E-state index contributed by atoms with van der Waals surface area (Å²) >= 11 is 3.46. The Balaban J connectivity index is 0.00000261. The highest BCUT2D eigenvalue weighted by Gasteiger charge is 2.24. The number of guanidine groups is 1. The number of halogens is 2. The maximum atomic E-state index is 12.3. The molecule has 1 amide bonds. The molecular weight excluding hydrogens is 521 g/mol. The molecule has 2 fully saturated rings.